The van der Waals surface area contributed by atoms with Crippen LogP contribution in [0.5, 0.6) is 11.5 Å². The van der Waals surface area contributed by atoms with E-state index in [-0.39, 0.29) is 12.5 Å². The van der Waals surface area contributed by atoms with Gasteiger partial charge in [-0.15, -0.1) is 0 Å². The summed E-state index contributed by atoms with van der Waals surface area (Å²) >= 11 is 0. The van der Waals surface area contributed by atoms with Crippen LogP contribution in [-0.4, -0.2) is 12.6 Å². The molecule has 0 bridgehead atoms. The molecule has 0 aromatic heterocycles. The van der Waals surface area contributed by atoms with Crippen molar-refractivity contribution < 1.29 is 14.3 Å². The normalized spacial score (nSPS) is 10.9. The number of hydrogen-bond acceptors (Lipinski definition) is 3. The summed E-state index contributed by atoms with van der Waals surface area (Å²) in [6, 6.07) is 15.1. The highest BCUT2D eigenvalue weighted by Gasteiger charge is 2.17. The van der Waals surface area contributed by atoms with Gasteiger partial charge in [-0.2, -0.15) is 0 Å². The Balaban J connectivity index is 2.10. The van der Waals surface area contributed by atoms with Crippen LogP contribution in [-0.2, 0) is 4.79 Å². The molecule has 0 radical (unpaired) electrons. The van der Waals surface area contributed by atoms with Gasteiger partial charge in [0.05, 0.1) is 0 Å². The number of ether oxygens (including phenoxy) is 2. The first-order chi connectivity index (χ1) is 11.0. The Kier molecular flexibility index (Phi) is 5.80. The number of carbonyl (C=O) groups is 1. The molecule has 0 saturated heterocycles. The van der Waals surface area contributed by atoms with E-state index >= 15 is 0 Å². The van der Waals surface area contributed by atoms with Crippen LogP contribution < -0.4 is 9.47 Å². The molecule has 0 aliphatic carbocycles. The predicted octanol–water partition coefficient (Wildman–Crippen LogP) is 4.92. The first-order valence-electron chi connectivity index (χ1n) is 8.00. The maximum absolute atomic E-state index is 12.1. The van der Waals surface area contributed by atoms with Gasteiger partial charge in [0.2, 0.25) is 0 Å². The second kappa shape index (κ2) is 7.82. The summed E-state index contributed by atoms with van der Waals surface area (Å²) in [5, 5.41) is 0. The van der Waals surface area contributed by atoms with Gasteiger partial charge in [-0.1, -0.05) is 58.0 Å². The average molecular weight is 312 g/mol. The van der Waals surface area contributed by atoms with Crippen LogP contribution in [0.25, 0.3) is 0 Å². The molecule has 0 atom stereocenters. The van der Waals surface area contributed by atoms with Crippen LogP contribution >= 0.6 is 0 Å². The van der Waals surface area contributed by atoms with Gasteiger partial charge in [-0.25, -0.2) is 4.79 Å². The lowest BCUT2D eigenvalue weighted by Gasteiger charge is -2.19. The Bertz CT molecular complexity index is 645. The Morgan fingerprint density at radius 2 is 1.61 bits per heavy atom. The monoisotopic (exact) mass is 312 g/mol. The Labute approximate surface area is 138 Å². The number of esters is 1. The lowest BCUT2D eigenvalue weighted by atomic mass is 9.90. The van der Waals surface area contributed by atoms with Gasteiger partial charge < -0.3 is 9.47 Å². The van der Waals surface area contributed by atoms with Crippen molar-refractivity contribution >= 4 is 5.97 Å². The summed E-state index contributed by atoms with van der Waals surface area (Å²) in [6.45, 7) is 8.40. The molecule has 23 heavy (non-hydrogen) atoms. The van der Waals surface area contributed by atoms with Crippen molar-refractivity contribution in [3.63, 3.8) is 0 Å². The van der Waals surface area contributed by atoms with Gasteiger partial charge in [-0.3, -0.25) is 0 Å². The third kappa shape index (κ3) is 4.59. The van der Waals surface area contributed by atoms with E-state index in [1.165, 1.54) is 5.56 Å². The summed E-state index contributed by atoms with van der Waals surface area (Å²) in [5.74, 6) is 1.56. The van der Waals surface area contributed by atoms with E-state index in [9.17, 15) is 4.79 Å². The second-order valence-corrected chi connectivity index (χ2v) is 6.14. The first kappa shape index (κ1) is 17.1. The van der Waals surface area contributed by atoms with Crippen LogP contribution in [0.4, 0.5) is 0 Å². The van der Waals surface area contributed by atoms with E-state index in [0.29, 0.717) is 17.4 Å². The summed E-state index contributed by atoms with van der Waals surface area (Å²) < 4.78 is 11.0. The SMILES string of the molecule is CC(C)c1cccc(OC(=O)COc2ccccc2)c1C(C)C. The Morgan fingerprint density at radius 3 is 2.22 bits per heavy atom. The van der Waals surface area contributed by atoms with Gasteiger partial charge in [-0.05, 0) is 35.6 Å². The quantitative estimate of drug-likeness (QED) is 0.561. The highest BCUT2D eigenvalue weighted by molar-refractivity contribution is 5.74. The molecule has 0 unspecified atom stereocenters. The topological polar surface area (TPSA) is 35.5 Å². The molecular weight excluding hydrogens is 288 g/mol. The van der Waals surface area contributed by atoms with Gasteiger partial charge in [0.1, 0.15) is 11.5 Å². The van der Waals surface area contributed by atoms with Gasteiger partial charge in [0.25, 0.3) is 0 Å². The molecule has 0 spiro atoms. The molecule has 0 aliphatic rings. The maximum Gasteiger partial charge on any atom is 0.349 e. The standard InChI is InChI=1S/C20H24O3/c1-14(2)17-11-8-12-18(20(17)15(3)4)23-19(21)13-22-16-9-6-5-7-10-16/h5-12,14-15H,13H2,1-4H3. The molecule has 0 heterocycles. The van der Waals surface area contributed by atoms with E-state index < -0.39 is 5.97 Å². The molecule has 2 rings (SSSR count). The number of rotatable bonds is 6. The summed E-state index contributed by atoms with van der Waals surface area (Å²) in [6.07, 6.45) is 0. The molecule has 122 valence electrons. The highest BCUT2D eigenvalue weighted by atomic mass is 16.6. The molecule has 0 N–H and O–H groups in total. The zero-order valence-corrected chi connectivity index (χ0v) is 14.2. The fourth-order valence-corrected chi connectivity index (χ4v) is 2.58. The minimum Gasteiger partial charge on any atom is -0.482 e. The lowest BCUT2D eigenvalue weighted by Crippen LogP contribution is -2.19. The Morgan fingerprint density at radius 1 is 0.913 bits per heavy atom. The Hall–Kier alpha value is -2.29. The zero-order valence-electron chi connectivity index (χ0n) is 14.2. The van der Waals surface area contributed by atoms with Gasteiger partial charge >= 0.3 is 5.97 Å². The highest BCUT2D eigenvalue weighted by Crippen LogP contribution is 2.34. The van der Waals surface area contributed by atoms with E-state index in [4.69, 9.17) is 9.47 Å². The minimum atomic E-state index is -0.392. The van der Waals surface area contributed by atoms with Gasteiger partial charge in [0, 0.05) is 5.56 Å². The number of hydrogen-bond donors (Lipinski definition) is 0. The average Bonchev–Trinajstić information content (AvgIpc) is 2.53. The van der Waals surface area contributed by atoms with Crippen LogP contribution in [0.2, 0.25) is 0 Å². The lowest BCUT2D eigenvalue weighted by molar-refractivity contribution is -0.136. The summed E-state index contributed by atoms with van der Waals surface area (Å²) in [7, 11) is 0. The van der Waals surface area contributed by atoms with Crippen molar-refractivity contribution in [2.45, 2.75) is 39.5 Å². The van der Waals surface area contributed by atoms with Crippen molar-refractivity contribution in [1.82, 2.24) is 0 Å². The largest absolute Gasteiger partial charge is 0.482 e. The summed E-state index contributed by atoms with van der Waals surface area (Å²) in [4.78, 5) is 12.1. The predicted molar refractivity (Wildman–Crippen MR) is 92.2 cm³/mol. The fraction of sp³-hybridized carbons (Fsp3) is 0.350. The van der Waals surface area contributed by atoms with E-state index in [1.807, 2.05) is 42.5 Å². The van der Waals surface area contributed by atoms with Crippen LogP contribution in [0, 0.1) is 0 Å². The van der Waals surface area contributed by atoms with E-state index in [0.717, 1.165) is 5.56 Å². The number of carbonyl (C=O) groups excluding carboxylic acids is 1. The zero-order chi connectivity index (χ0) is 16.8. The third-order valence-corrected chi connectivity index (χ3v) is 3.62. The second-order valence-electron chi connectivity index (χ2n) is 6.14. The van der Waals surface area contributed by atoms with Crippen molar-refractivity contribution in [1.29, 1.82) is 0 Å². The molecule has 0 saturated carbocycles. The molecule has 0 aliphatic heterocycles. The smallest absolute Gasteiger partial charge is 0.349 e. The maximum atomic E-state index is 12.1. The fourth-order valence-electron chi connectivity index (χ4n) is 2.58. The minimum absolute atomic E-state index is 0.104. The molecule has 0 amide bonds. The molecule has 3 heteroatoms. The van der Waals surface area contributed by atoms with Crippen LogP contribution in [0.1, 0.15) is 50.7 Å². The van der Waals surface area contributed by atoms with Crippen molar-refractivity contribution in [3.05, 3.63) is 59.7 Å². The van der Waals surface area contributed by atoms with Crippen molar-refractivity contribution in [3.8, 4) is 11.5 Å². The van der Waals surface area contributed by atoms with E-state index in [1.54, 1.807) is 0 Å². The number of benzene rings is 2. The first-order valence-corrected chi connectivity index (χ1v) is 8.00. The van der Waals surface area contributed by atoms with Crippen molar-refractivity contribution in [2.75, 3.05) is 6.61 Å². The van der Waals surface area contributed by atoms with E-state index in [2.05, 4.69) is 33.8 Å². The van der Waals surface area contributed by atoms with Crippen LogP contribution in [0.3, 0.4) is 0 Å². The summed E-state index contributed by atoms with van der Waals surface area (Å²) in [5.41, 5.74) is 2.31. The molecule has 3 nitrogen and oxygen atoms in total. The molecular formula is C20H24O3. The van der Waals surface area contributed by atoms with Gasteiger partial charge in [0.15, 0.2) is 6.61 Å². The van der Waals surface area contributed by atoms with Crippen molar-refractivity contribution in [2.24, 2.45) is 0 Å². The molecule has 2 aromatic carbocycles. The molecule has 2 aromatic rings. The molecule has 0 fully saturated rings. The number of para-hydroxylation sites is 1. The third-order valence-electron chi connectivity index (χ3n) is 3.62. The van der Waals surface area contributed by atoms with Crippen LogP contribution in [0.15, 0.2) is 48.5 Å².